The van der Waals surface area contributed by atoms with E-state index >= 15 is 0 Å². The van der Waals surface area contributed by atoms with E-state index in [1.165, 1.54) is 4.90 Å². The fourth-order valence-corrected chi connectivity index (χ4v) is 2.36. The van der Waals surface area contributed by atoms with E-state index in [-0.39, 0.29) is 11.8 Å². The number of hydrogen-bond acceptors (Lipinski definition) is 2. The number of nitrogens with zero attached hydrogens (tertiary/aromatic N) is 1. The van der Waals surface area contributed by atoms with Gasteiger partial charge in [-0.25, -0.2) is 4.79 Å². The molecule has 5 heteroatoms. The van der Waals surface area contributed by atoms with Gasteiger partial charge < -0.3 is 10.0 Å². The number of likely N-dealkylation sites (tertiary alicyclic amines) is 1. The van der Waals surface area contributed by atoms with Crippen molar-refractivity contribution in [1.29, 1.82) is 0 Å². The van der Waals surface area contributed by atoms with Crippen molar-refractivity contribution in [1.82, 2.24) is 4.90 Å². The second kappa shape index (κ2) is 5.40. The second-order valence-corrected chi connectivity index (χ2v) is 4.89. The molecule has 96 valence electrons. The lowest BCUT2D eigenvalue weighted by atomic mass is 9.95. The largest absolute Gasteiger partial charge is 0.465 e. The van der Waals surface area contributed by atoms with Gasteiger partial charge in [0.1, 0.15) is 5.78 Å². The molecule has 0 saturated carbocycles. The van der Waals surface area contributed by atoms with Gasteiger partial charge in [-0.2, -0.15) is 0 Å². The summed E-state index contributed by atoms with van der Waals surface area (Å²) in [6, 6.07) is 7.01. The molecule has 0 aromatic heterocycles. The third-order valence-electron chi connectivity index (χ3n) is 3.17. The van der Waals surface area contributed by atoms with Crippen molar-refractivity contribution >= 4 is 23.5 Å². The van der Waals surface area contributed by atoms with Crippen molar-refractivity contribution in [2.75, 3.05) is 6.54 Å². The van der Waals surface area contributed by atoms with Gasteiger partial charge in [-0.1, -0.05) is 23.7 Å². The minimum atomic E-state index is -0.957. The molecule has 1 saturated heterocycles. The number of amides is 1. The monoisotopic (exact) mass is 267 g/mol. The molecule has 1 atom stereocenters. The van der Waals surface area contributed by atoms with E-state index in [9.17, 15) is 9.59 Å². The molecule has 1 fully saturated rings. The number of carbonyl (C=O) groups excluding carboxylic acids is 1. The van der Waals surface area contributed by atoms with Gasteiger partial charge in [0.05, 0.1) is 0 Å². The van der Waals surface area contributed by atoms with E-state index in [1.807, 2.05) is 12.1 Å². The maximum atomic E-state index is 11.4. The summed E-state index contributed by atoms with van der Waals surface area (Å²) in [5.74, 6) is 0.131. The lowest BCUT2D eigenvalue weighted by molar-refractivity contribution is -0.122. The van der Waals surface area contributed by atoms with Gasteiger partial charge in [0.15, 0.2) is 0 Å². The first kappa shape index (κ1) is 12.9. The van der Waals surface area contributed by atoms with Crippen LogP contribution in [0, 0.1) is 0 Å². The predicted octanol–water partition coefficient (Wildman–Crippen LogP) is 2.59. The first-order valence-corrected chi connectivity index (χ1v) is 6.20. The fraction of sp³-hybridized carbons (Fsp3) is 0.385. The number of hydrogen-bond donors (Lipinski definition) is 1. The van der Waals surface area contributed by atoms with Crippen LogP contribution in [0.2, 0.25) is 5.02 Å². The van der Waals surface area contributed by atoms with Gasteiger partial charge in [-0.3, -0.25) is 4.79 Å². The summed E-state index contributed by atoms with van der Waals surface area (Å²) in [6.45, 7) is 0.298. The molecule has 1 aliphatic heterocycles. The van der Waals surface area contributed by atoms with Crippen LogP contribution >= 0.6 is 11.6 Å². The number of carbonyl (C=O) groups is 2. The number of Topliss-reactive ketones (excluding diaryl/α,β-unsaturated/α-hetero) is 1. The van der Waals surface area contributed by atoms with Crippen molar-refractivity contribution in [2.24, 2.45) is 0 Å². The Morgan fingerprint density at radius 3 is 2.67 bits per heavy atom. The van der Waals surface area contributed by atoms with Crippen LogP contribution in [0.4, 0.5) is 4.79 Å². The van der Waals surface area contributed by atoms with Crippen molar-refractivity contribution < 1.29 is 14.7 Å². The Hall–Kier alpha value is -1.55. The third-order valence-corrected chi connectivity index (χ3v) is 3.42. The molecule has 1 heterocycles. The van der Waals surface area contributed by atoms with E-state index in [4.69, 9.17) is 16.7 Å². The standard InChI is InChI=1S/C13H14ClNO3/c14-10-3-1-9(2-4-10)7-11-8-12(16)5-6-15(11)13(17)18/h1-4,11H,5-8H2,(H,17,18)/t11-/m0/s1. The van der Waals surface area contributed by atoms with Crippen molar-refractivity contribution in [3.8, 4) is 0 Å². The van der Waals surface area contributed by atoms with Gasteiger partial charge in [-0.05, 0) is 24.1 Å². The highest BCUT2D eigenvalue weighted by molar-refractivity contribution is 6.30. The van der Waals surface area contributed by atoms with Gasteiger partial charge >= 0.3 is 6.09 Å². The summed E-state index contributed by atoms with van der Waals surface area (Å²) in [5.41, 5.74) is 0.991. The Kier molecular flexibility index (Phi) is 3.87. The molecule has 1 N–H and O–H groups in total. The molecule has 4 nitrogen and oxygen atoms in total. The van der Waals surface area contributed by atoms with Gasteiger partial charge in [0.25, 0.3) is 0 Å². The van der Waals surface area contributed by atoms with E-state index in [0.29, 0.717) is 30.8 Å². The van der Waals surface area contributed by atoms with Crippen LogP contribution < -0.4 is 0 Å². The van der Waals surface area contributed by atoms with Crippen molar-refractivity contribution in [3.05, 3.63) is 34.9 Å². The second-order valence-electron chi connectivity index (χ2n) is 4.45. The average Bonchev–Trinajstić information content (AvgIpc) is 2.32. The molecule has 0 bridgehead atoms. The van der Waals surface area contributed by atoms with Crippen LogP contribution in [0.1, 0.15) is 18.4 Å². The number of rotatable bonds is 2. The zero-order valence-corrected chi connectivity index (χ0v) is 10.6. The summed E-state index contributed by atoms with van der Waals surface area (Å²) < 4.78 is 0. The Morgan fingerprint density at radius 2 is 2.06 bits per heavy atom. The zero-order valence-electron chi connectivity index (χ0n) is 9.80. The maximum absolute atomic E-state index is 11.4. The highest BCUT2D eigenvalue weighted by Gasteiger charge is 2.30. The minimum absolute atomic E-state index is 0.131. The van der Waals surface area contributed by atoms with Crippen LogP contribution in [0.5, 0.6) is 0 Å². The first-order chi connectivity index (χ1) is 8.56. The Balaban J connectivity index is 2.11. The van der Waals surface area contributed by atoms with Gasteiger partial charge in [0.2, 0.25) is 0 Å². The number of benzene rings is 1. The highest BCUT2D eigenvalue weighted by Crippen LogP contribution is 2.20. The molecular formula is C13H14ClNO3. The number of piperidine rings is 1. The molecule has 18 heavy (non-hydrogen) atoms. The molecule has 0 aliphatic carbocycles. The minimum Gasteiger partial charge on any atom is -0.465 e. The van der Waals surface area contributed by atoms with E-state index in [0.717, 1.165) is 5.56 Å². The molecule has 2 rings (SSSR count). The average molecular weight is 268 g/mol. The summed E-state index contributed by atoms with van der Waals surface area (Å²) in [5, 5.41) is 9.76. The van der Waals surface area contributed by atoms with E-state index in [2.05, 4.69) is 0 Å². The van der Waals surface area contributed by atoms with Crippen molar-refractivity contribution in [2.45, 2.75) is 25.3 Å². The third kappa shape index (κ3) is 3.01. The maximum Gasteiger partial charge on any atom is 0.407 e. The molecule has 0 unspecified atom stereocenters. The van der Waals surface area contributed by atoms with Crippen LogP contribution in [0.3, 0.4) is 0 Å². The Morgan fingerprint density at radius 1 is 1.39 bits per heavy atom. The smallest absolute Gasteiger partial charge is 0.407 e. The lowest BCUT2D eigenvalue weighted by Gasteiger charge is -2.32. The van der Waals surface area contributed by atoms with E-state index < -0.39 is 6.09 Å². The van der Waals surface area contributed by atoms with Crippen LogP contribution in [-0.2, 0) is 11.2 Å². The summed E-state index contributed by atoms with van der Waals surface area (Å²) >= 11 is 5.80. The summed E-state index contributed by atoms with van der Waals surface area (Å²) in [4.78, 5) is 23.9. The Bertz CT molecular complexity index is 458. The quantitative estimate of drug-likeness (QED) is 0.896. The van der Waals surface area contributed by atoms with Gasteiger partial charge in [-0.15, -0.1) is 0 Å². The fourth-order valence-electron chi connectivity index (χ4n) is 2.23. The number of halogens is 1. The van der Waals surface area contributed by atoms with Crippen LogP contribution in [0.25, 0.3) is 0 Å². The SMILES string of the molecule is O=C1CCN(C(=O)O)[C@@H](Cc2ccc(Cl)cc2)C1. The summed E-state index contributed by atoms with van der Waals surface area (Å²) in [7, 11) is 0. The Labute approximate surface area is 110 Å². The normalized spacial score (nSPS) is 19.9. The lowest BCUT2D eigenvalue weighted by Crippen LogP contribution is -2.46. The molecule has 1 aromatic rings. The van der Waals surface area contributed by atoms with Crippen molar-refractivity contribution in [3.63, 3.8) is 0 Å². The molecular weight excluding hydrogens is 254 g/mol. The molecule has 1 aromatic carbocycles. The number of carboxylic acid groups (broad SMARTS) is 1. The molecule has 0 radical (unpaired) electrons. The van der Waals surface area contributed by atoms with E-state index in [1.54, 1.807) is 12.1 Å². The highest BCUT2D eigenvalue weighted by atomic mass is 35.5. The van der Waals surface area contributed by atoms with Crippen LogP contribution in [-0.4, -0.2) is 34.5 Å². The molecule has 0 spiro atoms. The summed E-state index contributed by atoms with van der Waals surface area (Å²) in [6.07, 6.45) is 0.217. The zero-order chi connectivity index (χ0) is 13.1. The molecule has 1 aliphatic rings. The molecule has 1 amide bonds. The first-order valence-electron chi connectivity index (χ1n) is 5.82. The van der Waals surface area contributed by atoms with Crippen LogP contribution in [0.15, 0.2) is 24.3 Å². The number of ketones is 1. The topological polar surface area (TPSA) is 57.6 Å². The predicted molar refractivity (Wildman–Crippen MR) is 67.9 cm³/mol. The van der Waals surface area contributed by atoms with Gasteiger partial charge in [0, 0.05) is 30.5 Å².